The molecule has 0 unspecified atom stereocenters. The van der Waals surface area contributed by atoms with Crippen LogP contribution in [0, 0.1) is 0 Å². The Balaban J connectivity index is 1.88. The van der Waals surface area contributed by atoms with Gasteiger partial charge in [0, 0.05) is 19.3 Å². The van der Waals surface area contributed by atoms with Crippen LogP contribution in [0.5, 0.6) is 0 Å². The fourth-order valence-electron chi connectivity index (χ4n) is 2.10. The molecule has 0 atom stereocenters. The minimum absolute atomic E-state index is 0.129. The Hall–Kier alpha value is -0.840. The molecule has 102 valence electrons. The van der Waals surface area contributed by atoms with Crippen LogP contribution in [0.2, 0.25) is 0 Å². The third kappa shape index (κ3) is 4.12. The van der Waals surface area contributed by atoms with Gasteiger partial charge >= 0.3 is 0 Å². The van der Waals surface area contributed by atoms with Crippen molar-refractivity contribution in [1.29, 1.82) is 0 Å². The van der Waals surface area contributed by atoms with E-state index < -0.39 is 0 Å². The van der Waals surface area contributed by atoms with Crippen molar-refractivity contribution in [1.82, 2.24) is 4.90 Å². The van der Waals surface area contributed by atoms with E-state index >= 15 is 0 Å². The molecular weight excluding hydrogens is 230 g/mol. The van der Waals surface area contributed by atoms with Gasteiger partial charge in [-0.3, -0.25) is 4.90 Å². The molecule has 0 aliphatic heterocycles. The first-order chi connectivity index (χ1) is 8.83. The predicted octanol–water partition coefficient (Wildman–Crippen LogP) is 2.64. The first-order valence-electron chi connectivity index (χ1n) is 6.83. The molecule has 4 heteroatoms. The summed E-state index contributed by atoms with van der Waals surface area (Å²) in [5.74, 6) is 1.01. The maximum atomic E-state index is 5.62. The number of ether oxygens (including phenoxy) is 2. The van der Waals surface area contributed by atoms with Crippen LogP contribution in [0.15, 0.2) is 22.8 Å². The molecule has 0 N–H and O–H groups in total. The Morgan fingerprint density at radius 3 is 2.56 bits per heavy atom. The summed E-state index contributed by atoms with van der Waals surface area (Å²) in [7, 11) is 0. The molecule has 0 saturated heterocycles. The highest BCUT2D eigenvalue weighted by atomic mass is 16.7. The highest BCUT2D eigenvalue weighted by Gasteiger charge is 2.31. The Bertz CT molecular complexity index is 316. The smallest absolute Gasteiger partial charge is 0.170 e. The first-order valence-corrected chi connectivity index (χ1v) is 6.83. The number of nitrogens with zero attached hydrogens (tertiary/aromatic N) is 1. The average molecular weight is 253 g/mol. The van der Waals surface area contributed by atoms with E-state index in [4.69, 9.17) is 13.9 Å². The van der Waals surface area contributed by atoms with Crippen LogP contribution < -0.4 is 0 Å². The van der Waals surface area contributed by atoms with Gasteiger partial charge in [0.1, 0.15) is 5.76 Å². The van der Waals surface area contributed by atoms with Gasteiger partial charge in [0.2, 0.25) is 0 Å². The van der Waals surface area contributed by atoms with Gasteiger partial charge < -0.3 is 13.9 Å². The monoisotopic (exact) mass is 253 g/mol. The molecule has 1 aliphatic carbocycles. The van der Waals surface area contributed by atoms with E-state index in [1.807, 2.05) is 26.0 Å². The lowest BCUT2D eigenvalue weighted by molar-refractivity contribution is -0.149. The van der Waals surface area contributed by atoms with Crippen LogP contribution in [0.1, 0.15) is 32.4 Å². The molecule has 0 spiro atoms. The van der Waals surface area contributed by atoms with Crippen LogP contribution in [0.3, 0.4) is 0 Å². The molecule has 18 heavy (non-hydrogen) atoms. The minimum Gasteiger partial charge on any atom is -0.468 e. The van der Waals surface area contributed by atoms with Gasteiger partial charge in [0.15, 0.2) is 6.29 Å². The highest BCUT2D eigenvalue weighted by Crippen LogP contribution is 2.28. The lowest BCUT2D eigenvalue weighted by Crippen LogP contribution is -2.36. The Morgan fingerprint density at radius 2 is 2.06 bits per heavy atom. The molecule has 1 aliphatic rings. The van der Waals surface area contributed by atoms with E-state index in [0.29, 0.717) is 19.3 Å². The third-order valence-electron chi connectivity index (χ3n) is 3.09. The van der Waals surface area contributed by atoms with Crippen molar-refractivity contribution >= 4 is 0 Å². The van der Waals surface area contributed by atoms with Gasteiger partial charge in [-0.05, 0) is 38.8 Å². The van der Waals surface area contributed by atoms with Gasteiger partial charge in [-0.1, -0.05) is 0 Å². The van der Waals surface area contributed by atoms with Crippen LogP contribution in [-0.2, 0) is 16.0 Å². The lowest BCUT2D eigenvalue weighted by Gasteiger charge is -2.26. The van der Waals surface area contributed by atoms with Crippen LogP contribution >= 0.6 is 0 Å². The summed E-state index contributed by atoms with van der Waals surface area (Å²) in [4.78, 5) is 2.40. The van der Waals surface area contributed by atoms with Crippen LogP contribution in [-0.4, -0.2) is 37.0 Å². The summed E-state index contributed by atoms with van der Waals surface area (Å²) in [6.07, 6.45) is 4.14. The van der Waals surface area contributed by atoms with Gasteiger partial charge in [-0.2, -0.15) is 0 Å². The van der Waals surface area contributed by atoms with Gasteiger partial charge in [-0.25, -0.2) is 0 Å². The van der Waals surface area contributed by atoms with Gasteiger partial charge in [0.25, 0.3) is 0 Å². The van der Waals surface area contributed by atoms with Crippen molar-refractivity contribution in [3.05, 3.63) is 24.2 Å². The number of hydrogen-bond acceptors (Lipinski definition) is 4. The molecule has 1 aromatic heterocycles. The van der Waals surface area contributed by atoms with Crippen molar-refractivity contribution in [2.75, 3.05) is 19.8 Å². The summed E-state index contributed by atoms with van der Waals surface area (Å²) in [6, 6.07) is 4.62. The molecule has 0 amide bonds. The Labute approximate surface area is 109 Å². The zero-order valence-electron chi connectivity index (χ0n) is 11.3. The largest absolute Gasteiger partial charge is 0.468 e. The fourth-order valence-corrected chi connectivity index (χ4v) is 2.10. The molecule has 1 aromatic rings. The molecule has 0 bridgehead atoms. The molecule has 1 heterocycles. The zero-order chi connectivity index (χ0) is 12.8. The van der Waals surface area contributed by atoms with Crippen molar-refractivity contribution in [2.45, 2.75) is 45.6 Å². The topological polar surface area (TPSA) is 34.8 Å². The Morgan fingerprint density at radius 1 is 1.33 bits per heavy atom. The quantitative estimate of drug-likeness (QED) is 0.634. The Kier molecular flexibility index (Phi) is 5.23. The highest BCUT2D eigenvalue weighted by molar-refractivity contribution is 4.99. The summed E-state index contributed by atoms with van der Waals surface area (Å²) in [5.41, 5.74) is 0. The summed E-state index contributed by atoms with van der Waals surface area (Å²) >= 11 is 0. The van der Waals surface area contributed by atoms with E-state index in [2.05, 4.69) is 4.90 Å². The van der Waals surface area contributed by atoms with Crippen molar-refractivity contribution in [3.63, 3.8) is 0 Å². The van der Waals surface area contributed by atoms with Crippen molar-refractivity contribution < 1.29 is 13.9 Å². The maximum absolute atomic E-state index is 5.62. The van der Waals surface area contributed by atoms with Crippen molar-refractivity contribution in [2.24, 2.45) is 0 Å². The van der Waals surface area contributed by atoms with E-state index in [1.54, 1.807) is 6.26 Å². The van der Waals surface area contributed by atoms with Crippen molar-refractivity contribution in [3.8, 4) is 0 Å². The fraction of sp³-hybridized carbons (Fsp3) is 0.714. The maximum Gasteiger partial charge on any atom is 0.170 e. The predicted molar refractivity (Wildman–Crippen MR) is 69.2 cm³/mol. The summed E-state index contributed by atoms with van der Waals surface area (Å²) < 4.78 is 16.7. The van der Waals surface area contributed by atoms with E-state index in [0.717, 1.165) is 18.8 Å². The number of rotatable bonds is 9. The van der Waals surface area contributed by atoms with E-state index in [9.17, 15) is 0 Å². The van der Waals surface area contributed by atoms with Gasteiger partial charge in [0.05, 0.1) is 19.4 Å². The minimum atomic E-state index is -0.129. The second-order valence-electron chi connectivity index (χ2n) is 4.58. The lowest BCUT2D eigenvalue weighted by atomic mass is 10.3. The summed E-state index contributed by atoms with van der Waals surface area (Å²) in [6.45, 7) is 7.02. The third-order valence-corrected chi connectivity index (χ3v) is 3.09. The molecule has 2 rings (SSSR count). The standard InChI is InChI=1S/C14H23NO3/c1-3-16-14(17-4-2)11-15(12-7-8-12)10-13-6-5-9-18-13/h5-6,9,12,14H,3-4,7-8,10-11H2,1-2H3. The second kappa shape index (κ2) is 6.92. The number of furan rings is 1. The molecule has 4 nitrogen and oxygen atoms in total. The molecule has 0 aromatic carbocycles. The average Bonchev–Trinajstić information content (AvgIpc) is 3.08. The van der Waals surface area contributed by atoms with E-state index in [-0.39, 0.29) is 6.29 Å². The van der Waals surface area contributed by atoms with E-state index in [1.165, 1.54) is 12.8 Å². The molecule has 1 fully saturated rings. The number of hydrogen-bond donors (Lipinski definition) is 0. The molecule has 1 saturated carbocycles. The summed E-state index contributed by atoms with van der Waals surface area (Å²) in [5, 5.41) is 0. The van der Waals surface area contributed by atoms with Gasteiger partial charge in [-0.15, -0.1) is 0 Å². The SMILES string of the molecule is CCOC(CN(Cc1ccco1)C1CC1)OCC. The normalized spacial score (nSPS) is 15.8. The first kappa shape index (κ1) is 13.6. The molecular formula is C14H23NO3. The molecule has 0 radical (unpaired) electrons. The zero-order valence-corrected chi connectivity index (χ0v) is 11.3. The van der Waals surface area contributed by atoms with Crippen LogP contribution in [0.25, 0.3) is 0 Å². The van der Waals surface area contributed by atoms with Crippen LogP contribution in [0.4, 0.5) is 0 Å². The second-order valence-corrected chi connectivity index (χ2v) is 4.58.